The minimum atomic E-state index is -3.63. The maximum absolute atomic E-state index is 12.8. The van der Waals surface area contributed by atoms with Crippen LogP contribution in [-0.4, -0.2) is 13.4 Å². The minimum Gasteiger partial charge on any atom is -0.244 e. The monoisotopic (exact) mass is 295 g/mol. The first-order valence-electron chi connectivity index (χ1n) is 6.50. The molecule has 2 aromatic carbocycles. The molecule has 3 aromatic rings. The van der Waals surface area contributed by atoms with Crippen LogP contribution in [-0.2, 0) is 9.84 Å². The van der Waals surface area contributed by atoms with E-state index in [-0.39, 0.29) is 9.92 Å². The van der Waals surface area contributed by atoms with Crippen LogP contribution in [0.3, 0.4) is 0 Å². The molecule has 0 atom stereocenters. The molecule has 0 unspecified atom stereocenters. The van der Waals surface area contributed by atoms with Crippen LogP contribution in [0.15, 0.2) is 88.9 Å². The molecule has 3 nitrogen and oxygen atoms in total. The van der Waals surface area contributed by atoms with Crippen LogP contribution in [0.25, 0.3) is 11.1 Å². The average molecular weight is 295 g/mol. The number of rotatable bonds is 3. The predicted molar refractivity (Wildman–Crippen MR) is 81.6 cm³/mol. The normalized spacial score (nSPS) is 11.2. The topological polar surface area (TPSA) is 47.0 Å². The molecule has 1 heterocycles. The SMILES string of the molecule is O=S(=O)(c1ccccn1)c1ccccc1-c1ccccc1. The van der Waals surface area contributed by atoms with E-state index >= 15 is 0 Å². The molecule has 0 spiro atoms. The maximum atomic E-state index is 12.8. The lowest BCUT2D eigenvalue weighted by atomic mass is 10.1. The third kappa shape index (κ3) is 2.58. The molecule has 21 heavy (non-hydrogen) atoms. The van der Waals surface area contributed by atoms with Gasteiger partial charge in [0, 0.05) is 11.8 Å². The van der Waals surface area contributed by atoms with Gasteiger partial charge in [0.1, 0.15) is 0 Å². The van der Waals surface area contributed by atoms with Crippen LogP contribution >= 0.6 is 0 Å². The van der Waals surface area contributed by atoms with Crippen molar-refractivity contribution in [2.75, 3.05) is 0 Å². The van der Waals surface area contributed by atoms with Crippen molar-refractivity contribution in [3.63, 3.8) is 0 Å². The third-order valence-electron chi connectivity index (χ3n) is 3.17. The zero-order valence-electron chi connectivity index (χ0n) is 11.2. The summed E-state index contributed by atoms with van der Waals surface area (Å²) in [5.41, 5.74) is 1.55. The number of nitrogens with zero attached hydrogens (tertiary/aromatic N) is 1. The van der Waals surface area contributed by atoms with Gasteiger partial charge in [0.15, 0.2) is 5.03 Å². The van der Waals surface area contributed by atoms with Gasteiger partial charge < -0.3 is 0 Å². The summed E-state index contributed by atoms with van der Waals surface area (Å²) in [4.78, 5) is 4.25. The summed E-state index contributed by atoms with van der Waals surface area (Å²) in [7, 11) is -3.63. The molecular weight excluding hydrogens is 282 g/mol. The molecule has 0 bridgehead atoms. The zero-order valence-corrected chi connectivity index (χ0v) is 12.0. The molecule has 0 aliphatic carbocycles. The van der Waals surface area contributed by atoms with Gasteiger partial charge >= 0.3 is 0 Å². The highest BCUT2D eigenvalue weighted by atomic mass is 32.2. The molecule has 0 amide bonds. The van der Waals surface area contributed by atoms with Gasteiger partial charge in [0.05, 0.1) is 4.90 Å². The molecule has 104 valence electrons. The Morgan fingerprint density at radius 3 is 2.10 bits per heavy atom. The van der Waals surface area contributed by atoms with Crippen molar-refractivity contribution in [3.8, 4) is 11.1 Å². The van der Waals surface area contributed by atoms with E-state index < -0.39 is 9.84 Å². The smallest absolute Gasteiger partial charge is 0.224 e. The highest BCUT2D eigenvalue weighted by Crippen LogP contribution is 2.30. The largest absolute Gasteiger partial charge is 0.244 e. The van der Waals surface area contributed by atoms with E-state index in [0.29, 0.717) is 5.56 Å². The van der Waals surface area contributed by atoms with Gasteiger partial charge in [-0.1, -0.05) is 54.6 Å². The molecule has 0 N–H and O–H groups in total. The molecule has 1 aromatic heterocycles. The maximum Gasteiger partial charge on any atom is 0.224 e. The molecular formula is C17H13NO2S. The average Bonchev–Trinajstić information content (AvgIpc) is 2.56. The van der Waals surface area contributed by atoms with Crippen molar-refractivity contribution >= 4 is 9.84 Å². The Kier molecular flexibility index (Phi) is 3.54. The number of hydrogen-bond acceptors (Lipinski definition) is 3. The summed E-state index contributed by atoms with van der Waals surface area (Å²) in [5, 5.41) is 0.0633. The second-order valence-electron chi connectivity index (χ2n) is 4.53. The molecule has 3 rings (SSSR count). The fraction of sp³-hybridized carbons (Fsp3) is 0. The van der Waals surface area contributed by atoms with Crippen LogP contribution < -0.4 is 0 Å². The summed E-state index contributed by atoms with van der Waals surface area (Å²) < 4.78 is 25.5. The Hall–Kier alpha value is -2.46. The number of hydrogen-bond donors (Lipinski definition) is 0. The minimum absolute atomic E-state index is 0.0633. The van der Waals surface area contributed by atoms with Crippen molar-refractivity contribution < 1.29 is 8.42 Å². The second kappa shape index (κ2) is 5.50. The van der Waals surface area contributed by atoms with Crippen molar-refractivity contribution in [2.45, 2.75) is 9.92 Å². The van der Waals surface area contributed by atoms with Gasteiger partial charge in [-0.2, -0.15) is 0 Å². The lowest BCUT2D eigenvalue weighted by Crippen LogP contribution is -2.05. The fourth-order valence-corrected chi connectivity index (χ4v) is 3.59. The summed E-state index contributed by atoms with van der Waals surface area (Å²) in [6.45, 7) is 0. The van der Waals surface area contributed by atoms with Gasteiger partial charge in [-0.05, 0) is 23.8 Å². The van der Waals surface area contributed by atoms with Gasteiger partial charge in [-0.15, -0.1) is 0 Å². The lowest BCUT2D eigenvalue weighted by Gasteiger charge is -2.10. The Morgan fingerprint density at radius 1 is 0.714 bits per heavy atom. The van der Waals surface area contributed by atoms with Crippen LogP contribution in [0.1, 0.15) is 0 Å². The number of aromatic nitrogens is 1. The Balaban J connectivity index is 2.21. The van der Waals surface area contributed by atoms with E-state index in [1.165, 1.54) is 12.3 Å². The first kappa shape index (κ1) is 13.5. The van der Waals surface area contributed by atoms with Gasteiger partial charge in [-0.3, -0.25) is 0 Å². The molecule has 0 saturated heterocycles. The first-order chi connectivity index (χ1) is 10.2. The van der Waals surface area contributed by atoms with E-state index in [9.17, 15) is 8.42 Å². The Labute approximate surface area is 123 Å². The molecule has 0 aliphatic heterocycles. The Morgan fingerprint density at radius 2 is 1.38 bits per heavy atom. The summed E-state index contributed by atoms with van der Waals surface area (Å²) in [6, 6.07) is 21.3. The third-order valence-corrected chi connectivity index (χ3v) is 4.90. The second-order valence-corrected chi connectivity index (χ2v) is 6.40. The highest BCUT2D eigenvalue weighted by molar-refractivity contribution is 7.91. The van der Waals surface area contributed by atoms with Crippen molar-refractivity contribution in [1.29, 1.82) is 0 Å². The number of benzene rings is 2. The highest BCUT2D eigenvalue weighted by Gasteiger charge is 2.22. The van der Waals surface area contributed by atoms with E-state index in [1.807, 2.05) is 42.5 Å². The van der Waals surface area contributed by atoms with Gasteiger partial charge in [0.2, 0.25) is 9.84 Å². The van der Waals surface area contributed by atoms with E-state index in [1.54, 1.807) is 24.3 Å². The Bertz CT molecular complexity index is 844. The number of sulfone groups is 1. The van der Waals surface area contributed by atoms with E-state index in [0.717, 1.165) is 5.56 Å². The van der Waals surface area contributed by atoms with E-state index in [2.05, 4.69) is 4.98 Å². The zero-order chi connectivity index (χ0) is 14.7. The molecule has 0 saturated carbocycles. The molecule has 4 heteroatoms. The van der Waals surface area contributed by atoms with Crippen molar-refractivity contribution in [1.82, 2.24) is 4.98 Å². The predicted octanol–water partition coefficient (Wildman–Crippen LogP) is 3.58. The summed E-state index contributed by atoms with van der Waals surface area (Å²) in [6.07, 6.45) is 1.48. The van der Waals surface area contributed by atoms with Crippen LogP contribution in [0.5, 0.6) is 0 Å². The van der Waals surface area contributed by atoms with Gasteiger partial charge in [0.25, 0.3) is 0 Å². The van der Waals surface area contributed by atoms with Crippen LogP contribution in [0.2, 0.25) is 0 Å². The first-order valence-corrected chi connectivity index (χ1v) is 7.98. The molecule has 0 fully saturated rings. The van der Waals surface area contributed by atoms with Crippen LogP contribution in [0.4, 0.5) is 0 Å². The summed E-state index contributed by atoms with van der Waals surface area (Å²) >= 11 is 0. The molecule has 0 aliphatic rings. The quantitative estimate of drug-likeness (QED) is 0.742. The fourth-order valence-electron chi connectivity index (χ4n) is 2.18. The lowest BCUT2D eigenvalue weighted by molar-refractivity contribution is 0.592. The van der Waals surface area contributed by atoms with Crippen LogP contribution in [0, 0.1) is 0 Å². The molecule has 0 radical (unpaired) electrons. The van der Waals surface area contributed by atoms with Gasteiger partial charge in [-0.25, -0.2) is 13.4 Å². The number of pyridine rings is 1. The standard InChI is InChI=1S/C17H13NO2S/c19-21(20,17-12-6-7-13-18-17)16-11-5-4-10-15(16)14-8-2-1-3-9-14/h1-13H. The van der Waals surface area contributed by atoms with Crippen molar-refractivity contribution in [3.05, 3.63) is 79.0 Å². The summed E-state index contributed by atoms with van der Waals surface area (Å²) in [5.74, 6) is 0. The van der Waals surface area contributed by atoms with E-state index in [4.69, 9.17) is 0 Å². The van der Waals surface area contributed by atoms with Crippen molar-refractivity contribution in [2.24, 2.45) is 0 Å².